The van der Waals surface area contributed by atoms with Gasteiger partial charge in [0.2, 0.25) is 5.91 Å². The number of hydrogen-bond acceptors (Lipinski definition) is 4. The van der Waals surface area contributed by atoms with Crippen LogP contribution >= 0.6 is 12.4 Å². The summed E-state index contributed by atoms with van der Waals surface area (Å²) in [5.74, 6) is -0.745. The van der Waals surface area contributed by atoms with Gasteiger partial charge in [-0.25, -0.2) is 9.18 Å². The lowest BCUT2D eigenvalue weighted by Crippen LogP contribution is -2.53. The number of hydrogen-bond donors (Lipinski definition) is 5. The lowest BCUT2D eigenvalue weighted by atomic mass is 10.0. The molecule has 0 spiro atoms. The summed E-state index contributed by atoms with van der Waals surface area (Å²) in [5.41, 5.74) is 0.759. The molecule has 152 valence electrons. The van der Waals surface area contributed by atoms with Gasteiger partial charge in [-0.2, -0.15) is 0 Å². The van der Waals surface area contributed by atoms with Crippen LogP contribution in [0, 0.1) is 17.7 Å². The summed E-state index contributed by atoms with van der Waals surface area (Å²) < 4.78 is 12.9. The number of β-amino-alcohol motifs (C(OH)–C–C–N with tert-alkyl or cyclic N) is 1. The third kappa shape index (κ3) is 7.32. The van der Waals surface area contributed by atoms with E-state index in [2.05, 4.69) is 21.3 Å². The highest BCUT2D eigenvalue weighted by atomic mass is 35.5. The van der Waals surface area contributed by atoms with Crippen molar-refractivity contribution in [3.63, 3.8) is 0 Å². The number of nitrogens with one attached hydrogen (secondary N) is 4. The maximum absolute atomic E-state index is 12.9. The number of halogens is 2. The van der Waals surface area contributed by atoms with Gasteiger partial charge in [0.25, 0.3) is 0 Å². The van der Waals surface area contributed by atoms with Crippen molar-refractivity contribution in [2.45, 2.75) is 32.5 Å². The van der Waals surface area contributed by atoms with Crippen LogP contribution < -0.4 is 21.3 Å². The molecule has 0 radical (unpaired) electrons. The lowest BCUT2D eigenvalue weighted by Gasteiger charge is -2.23. The zero-order chi connectivity index (χ0) is 19.1. The molecule has 1 aliphatic rings. The Morgan fingerprint density at radius 2 is 1.89 bits per heavy atom. The fraction of sp³-hybridized carbons (Fsp3) is 0.556. The first kappa shape index (κ1) is 23.1. The molecule has 7 nitrogen and oxygen atoms in total. The summed E-state index contributed by atoms with van der Waals surface area (Å²) in [6, 6.07) is 4.67. The molecule has 0 aromatic heterocycles. The van der Waals surface area contributed by atoms with Crippen LogP contribution in [0.3, 0.4) is 0 Å². The van der Waals surface area contributed by atoms with Crippen molar-refractivity contribution in [1.82, 2.24) is 21.3 Å². The minimum Gasteiger partial charge on any atom is -0.391 e. The third-order valence-electron chi connectivity index (χ3n) is 4.44. The van der Waals surface area contributed by atoms with E-state index < -0.39 is 18.2 Å². The average Bonchev–Trinajstić information content (AvgIpc) is 3.01. The number of carbonyl (C=O) groups excluding carboxylic acids is 2. The molecule has 9 heteroatoms. The minimum absolute atomic E-state index is 0. The van der Waals surface area contributed by atoms with Crippen LogP contribution in [0.4, 0.5) is 9.18 Å². The van der Waals surface area contributed by atoms with Gasteiger partial charge < -0.3 is 26.4 Å². The van der Waals surface area contributed by atoms with Gasteiger partial charge in [0.05, 0.1) is 6.10 Å². The standard InChI is InChI=1S/C18H27FN4O3.ClH/c1-11(2)16(17(25)21-9-13-8-20-10-15(13)24)23-18(26)22-7-12-3-5-14(19)6-4-12;/h3-6,11,13,15-16,20,24H,7-10H2,1-2H3,(H,21,25)(H2,22,23,26);1H. The van der Waals surface area contributed by atoms with Crippen molar-refractivity contribution in [1.29, 1.82) is 0 Å². The monoisotopic (exact) mass is 402 g/mol. The quantitative estimate of drug-likeness (QED) is 0.465. The van der Waals surface area contributed by atoms with Gasteiger partial charge in [-0.3, -0.25) is 4.79 Å². The molecule has 1 fully saturated rings. The van der Waals surface area contributed by atoms with E-state index >= 15 is 0 Å². The Balaban J connectivity index is 0.00000364. The Bertz CT molecular complexity index is 615. The summed E-state index contributed by atoms with van der Waals surface area (Å²) in [6.45, 7) is 5.46. The molecule has 1 heterocycles. The number of urea groups is 1. The van der Waals surface area contributed by atoms with Gasteiger partial charge in [-0.15, -0.1) is 12.4 Å². The number of aliphatic hydroxyl groups is 1. The first-order chi connectivity index (χ1) is 12.4. The Morgan fingerprint density at radius 1 is 1.22 bits per heavy atom. The topological polar surface area (TPSA) is 102 Å². The molecule has 0 aliphatic carbocycles. The van der Waals surface area contributed by atoms with Gasteiger partial charge in [-0.1, -0.05) is 26.0 Å². The number of carbonyl (C=O) groups is 2. The number of amides is 3. The molecule has 1 aliphatic heterocycles. The summed E-state index contributed by atoms with van der Waals surface area (Å²) in [6.07, 6.45) is -0.472. The van der Waals surface area contributed by atoms with E-state index in [9.17, 15) is 19.1 Å². The van der Waals surface area contributed by atoms with Crippen molar-refractivity contribution >= 4 is 24.3 Å². The first-order valence-electron chi connectivity index (χ1n) is 8.82. The van der Waals surface area contributed by atoms with Crippen molar-refractivity contribution in [3.8, 4) is 0 Å². The second-order valence-corrected chi connectivity index (χ2v) is 6.91. The zero-order valence-electron chi connectivity index (χ0n) is 15.5. The largest absolute Gasteiger partial charge is 0.391 e. The molecule has 1 saturated heterocycles. The number of aliphatic hydroxyl groups excluding tert-OH is 1. The SMILES string of the molecule is CC(C)C(NC(=O)NCc1ccc(F)cc1)C(=O)NCC1CNCC1O.Cl. The molecule has 1 aromatic carbocycles. The van der Waals surface area contributed by atoms with Crippen molar-refractivity contribution < 1.29 is 19.1 Å². The van der Waals surface area contributed by atoms with E-state index in [-0.39, 0.29) is 42.5 Å². The molecular weight excluding hydrogens is 375 g/mol. The maximum Gasteiger partial charge on any atom is 0.315 e. The van der Waals surface area contributed by atoms with E-state index in [1.165, 1.54) is 12.1 Å². The van der Waals surface area contributed by atoms with Gasteiger partial charge in [0.15, 0.2) is 0 Å². The molecule has 5 N–H and O–H groups in total. The van der Waals surface area contributed by atoms with Gasteiger partial charge in [0.1, 0.15) is 11.9 Å². The second kappa shape index (κ2) is 11.1. The molecule has 27 heavy (non-hydrogen) atoms. The maximum atomic E-state index is 12.9. The molecule has 2 rings (SSSR count). The Hall–Kier alpha value is -1.90. The number of benzene rings is 1. The predicted octanol–water partition coefficient (Wildman–Crippen LogP) is 0.768. The highest BCUT2D eigenvalue weighted by molar-refractivity contribution is 5.87. The molecule has 3 amide bonds. The van der Waals surface area contributed by atoms with Crippen molar-refractivity contribution in [3.05, 3.63) is 35.6 Å². The lowest BCUT2D eigenvalue weighted by molar-refractivity contribution is -0.124. The van der Waals surface area contributed by atoms with Gasteiger partial charge in [-0.05, 0) is 23.6 Å². The van der Waals surface area contributed by atoms with Crippen LogP contribution in [0.5, 0.6) is 0 Å². The van der Waals surface area contributed by atoms with Crippen LogP contribution in [-0.2, 0) is 11.3 Å². The van der Waals surface area contributed by atoms with E-state index in [1.54, 1.807) is 12.1 Å². The summed E-state index contributed by atoms with van der Waals surface area (Å²) in [5, 5.41) is 21.0. The molecule has 3 unspecified atom stereocenters. The summed E-state index contributed by atoms with van der Waals surface area (Å²) in [4.78, 5) is 24.5. The van der Waals surface area contributed by atoms with Crippen LogP contribution in [0.25, 0.3) is 0 Å². The van der Waals surface area contributed by atoms with Gasteiger partial charge in [0, 0.05) is 32.1 Å². The normalized spacial score (nSPS) is 19.9. The first-order valence-corrected chi connectivity index (χ1v) is 8.82. The van der Waals surface area contributed by atoms with Crippen molar-refractivity contribution in [2.75, 3.05) is 19.6 Å². The van der Waals surface area contributed by atoms with Crippen LogP contribution in [0.2, 0.25) is 0 Å². The zero-order valence-corrected chi connectivity index (χ0v) is 16.3. The Kier molecular flexibility index (Phi) is 9.48. The van der Waals surface area contributed by atoms with E-state index in [0.717, 1.165) is 5.56 Å². The fourth-order valence-corrected chi connectivity index (χ4v) is 2.78. The van der Waals surface area contributed by atoms with E-state index in [4.69, 9.17) is 0 Å². The summed E-state index contributed by atoms with van der Waals surface area (Å²) in [7, 11) is 0. The second-order valence-electron chi connectivity index (χ2n) is 6.91. The predicted molar refractivity (Wildman–Crippen MR) is 103 cm³/mol. The van der Waals surface area contributed by atoms with E-state index in [0.29, 0.717) is 19.6 Å². The minimum atomic E-state index is -0.685. The molecule has 1 aromatic rings. The van der Waals surface area contributed by atoms with Crippen LogP contribution in [0.1, 0.15) is 19.4 Å². The van der Waals surface area contributed by atoms with Crippen LogP contribution in [-0.4, -0.2) is 48.8 Å². The smallest absolute Gasteiger partial charge is 0.315 e. The molecule has 3 atom stereocenters. The highest BCUT2D eigenvalue weighted by Gasteiger charge is 2.28. The van der Waals surface area contributed by atoms with E-state index in [1.807, 2.05) is 13.8 Å². The Morgan fingerprint density at radius 3 is 2.44 bits per heavy atom. The number of rotatable bonds is 7. The third-order valence-corrected chi connectivity index (χ3v) is 4.44. The molecule has 0 bridgehead atoms. The fourth-order valence-electron chi connectivity index (χ4n) is 2.78. The molecular formula is C18H28ClFN4O3. The van der Waals surface area contributed by atoms with Crippen molar-refractivity contribution in [2.24, 2.45) is 11.8 Å². The average molecular weight is 403 g/mol. The Labute approximate surface area is 164 Å². The highest BCUT2D eigenvalue weighted by Crippen LogP contribution is 2.08. The van der Waals surface area contributed by atoms with Gasteiger partial charge >= 0.3 is 6.03 Å². The summed E-state index contributed by atoms with van der Waals surface area (Å²) >= 11 is 0. The van der Waals surface area contributed by atoms with Crippen LogP contribution in [0.15, 0.2) is 24.3 Å². The molecule has 0 saturated carbocycles.